The number of carbonyl (C=O) groups is 1. The van der Waals surface area contributed by atoms with Crippen LogP contribution in [0.3, 0.4) is 0 Å². The summed E-state index contributed by atoms with van der Waals surface area (Å²) in [6.45, 7) is 1.39. The monoisotopic (exact) mass is 311 g/mol. The molecule has 1 aromatic rings. The van der Waals surface area contributed by atoms with Crippen LogP contribution in [0.15, 0.2) is 24.3 Å². The summed E-state index contributed by atoms with van der Waals surface area (Å²) in [6.07, 6.45) is 0.922. The molecule has 0 saturated carbocycles. The van der Waals surface area contributed by atoms with Gasteiger partial charge in [0.1, 0.15) is 17.6 Å². The van der Waals surface area contributed by atoms with E-state index in [4.69, 9.17) is 10.00 Å². The third-order valence-electron chi connectivity index (χ3n) is 2.54. The first-order chi connectivity index (χ1) is 9.80. The summed E-state index contributed by atoms with van der Waals surface area (Å²) in [6, 6.07) is 8.46. The molecule has 1 atom stereocenters. The van der Waals surface area contributed by atoms with Gasteiger partial charge in [0.15, 0.2) is 0 Å². The molecular formula is C14H17NO5S. The maximum Gasteiger partial charge on any atom is 0.264 e. The number of carbonyl (C=O) groups excluding carboxylic acids is 1. The number of benzene rings is 1. The van der Waals surface area contributed by atoms with Crippen molar-refractivity contribution in [3.8, 4) is 11.8 Å². The minimum atomic E-state index is -3.51. The van der Waals surface area contributed by atoms with Gasteiger partial charge >= 0.3 is 0 Å². The number of ketones is 1. The van der Waals surface area contributed by atoms with Gasteiger partial charge in [0, 0.05) is 12.8 Å². The summed E-state index contributed by atoms with van der Waals surface area (Å²) in [7, 11) is -3.51. The highest BCUT2D eigenvalue weighted by Crippen LogP contribution is 2.16. The van der Waals surface area contributed by atoms with Gasteiger partial charge in [-0.2, -0.15) is 13.7 Å². The second kappa shape index (κ2) is 7.76. The normalized spacial score (nSPS) is 12.4. The number of nitriles is 1. The Bertz CT molecular complexity index is 616. The molecule has 6 nitrogen and oxygen atoms in total. The van der Waals surface area contributed by atoms with E-state index in [1.807, 2.05) is 6.07 Å². The number of nitrogens with zero attached hydrogens (tertiary/aromatic N) is 1. The zero-order valence-electron chi connectivity index (χ0n) is 11.9. The van der Waals surface area contributed by atoms with Crippen LogP contribution in [0.1, 0.15) is 25.3 Å². The zero-order chi connectivity index (χ0) is 15.9. The van der Waals surface area contributed by atoms with Crippen LogP contribution in [0.2, 0.25) is 0 Å². The summed E-state index contributed by atoms with van der Waals surface area (Å²) in [5.41, 5.74) is 0.505. The third-order valence-corrected chi connectivity index (χ3v) is 3.13. The van der Waals surface area contributed by atoms with Gasteiger partial charge in [-0.05, 0) is 31.2 Å². The Kier molecular flexibility index (Phi) is 6.34. The first-order valence-corrected chi connectivity index (χ1v) is 8.12. The molecule has 1 aromatic carbocycles. The lowest BCUT2D eigenvalue weighted by molar-refractivity contribution is -0.118. The Morgan fingerprint density at radius 2 is 1.95 bits per heavy atom. The highest BCUT2D eigenvalue weighted by atomic mass is 32.2. The molecule has 0 heterocycles. The van der Waals surface area contributed by atoms with Crippen LogP contribution in [0.5, 0.6) is 5.75 Å². The lowest BCUT2D eigenvalue weighted by Gasteiger charge is -2.17. The molecule has 21 heavy (non-hydrogen) atoms. The lowest BCUT2D eigenvalue weighted by atomic mass is 10.1. The minimum Gasteiger partial charge on any atom is -0.490 e. The fourth-order valence-corrected chi connectivity index (χ4v) is 2.05. The van der Waals surface area contributed by atoms with Crippen molar-refractivity contribution in [2.45, 2.75) is 25.9 Å². The maximum atomic E-state index is 11.2. The Balaban J connectivity index is 2.64. The van der Waals surface area contributed by atoms with E-state index in [0.29, 0.717) is 11.3 Å². The Hall–Kier alpha value is -1.91. The van der Waals surface area contributed by atoms with E-state index >= 15 is 0 Å². The van der Waals surface area contributed by atoms with Crippen LogP contribution in [0.4, 0.5) is 0 Å². The van der Waals surface area contributed by atoms with Gasteiger partial charge in [0.05, 0.1) is 24.5 Å². The fraction of sp³-hybridized carbons (Fsp3) is 0.429. The highest BCUT2D eigenvalue weighted by Gasteiger charge is 2.15. The average Bonchev–Trinajstić information content (AvgIpc) is 2.37. The molecule has 1 rings (SSSR count). The summed E-state index contributed by atoms with van der Waals surface area (Å²) in [5.74, 6) is 0.451. The second-order valence-electron chi connectivity index (χ2n) is 4.60. The molecule has 7 heteroatoms. The van der Waals surface area contributed by atoms with E-state index in [-0.39, 0.29) is 25.2 Å². The first kappa shape index (κ1) is 17.1. The fourth-order valence-electron chi connectivity index (χ4n) is 1.65. The Morgan fingerprint density at radius 3 is 2.43 bits per heavy atom. The molecule has 0 radical (unpaired) electrons. The molecule has 0 bridgehead atoms. The number of hydrogen-bond donors (Lipinski definition) is 0. The van der Waals surface area contributed by atoms with Crippen molar-refractivity contribution < 1.29 is 22.1 Å². The summed E-state index contributed by atoms with van der Waals surface area (Å²) >= 11 is 0. The molecule has 0 spiro atoms. The number of hydrogen-bond acceptors (Lipinski definition) is 6. The van der Waals surface area contributed by atoms with Gasteiger partial charge in [-0.25, -0.2) is 0 Å². The van der Waals surface area contributed by atoms with E-state index in [1.165, 1.54) is 6.92 Å². The standard InChI is InChI=1S/C14H17NO5S/c1-11(16)9-14(7-8-19-21(2,17)18)20-13-5-3-12(10-15)4-6-13/h3-6,14H,7-9H2,1-2H3. The molecule has 0 N–H and O–H groups in total. The van der Waals surface area contributed by atoms with Gasteiger partial charge < -0.3 is 4.74 Å². The van der Waals surface area contributed by atoms with Crippen molar-refractivity contribution >= 4 is 15.9 Å². The minimum absolute atomic E-state index is 0.0486. The second-order valence-corrected chi connectivity index (χ2v) is 6.24. The Morgan fingerprint density at radius 1 is 1.33 bits per heavy atom. The molecule has 0 aliphatic rings. The zero-order valence-corrected chi connectivity index (χ0v) is 12.7. The van der Waals surface area contributed by atoms with Gasteiger partial charge in [-0.15, -0.1) is 0 Å². The predicted molar refractivity (Wildman–Crippen MR) is 76.3 cm³/mol. The van der Waals surface area contributed by atoms with E-state index in [1.54, 1.807) is 24.3 Å². The van der Waals surface area contributed by atoms with Gasteiger partial charge in [-0.1, -0.05) is 0 Å². The molecular weight excluding hydrogens is 294 g/mol. The maximum absolute atomic E-state index is 11.2. The van der Waals surface area contributed by atoms with Crippen molar-refractivity contribution in [1.82, 2.24) is 0 Å². The lowest BCUT2D eigenvalue weighted by Crippen LogP contribution is -2.22. The quantitative estimate of drug-likeness (QED) is 0.678. The van der Waals surface area contributed by atoms with Crippen molar-refractivity contribution in [3.63, 3.8) is 0 Å². The average molecular weight is 311 g/mol. The molecule has 0 amide bonds. The molecule has 0 aliphatic carbocycles. The summed E-state index contributed by atoms with van der Waals surface area (Å²) < 4.78 is 32.1. The van der Waals surface area contributed by atoms with E-state index in [0.717, 1.165) is 6.26 Å². The molecule has 0 aromatic heterocycles. The molecule has 0 aliphatic heterocycles. The van der Waals surface area contributed by atoms with Crippen LogP contribution in [0, 0.1) is 11.3 Å². The largest absolute Gasteiger partial charge is 0.490 e. The van der Waals surface area contributed by atoms with Crippen LogP contribution >= 0.6 is 0 Å². The van der Waals surface area contributed by atoms with Crippen LogP contribution in [-0.4, -0.2) is 33.2 Å². The number of ether oxygens (including phenoxy) is 1. The number of Topliss-reactive ketones (excluding diaryl/α,β-unsaturated/α-hetero) is 1. The van der Waals surface area contributed by atoms with Crippen molar-refractivity contribution in [3.05, 3.63) is 29.8 Å². The molecule has 1 unspecified atom stereocenters. The first-order valence-electron chi connectivity index (χ1n) is 6.31. The third kappa shape index (κ3) is 7.44. The number of rotatable bonds is 8. The van der Waals surface area contributed by atoms with E-state index in [2.05, 4.69) is 4.18 Å². The van der Waals surface area contributed by atoms with Crippen molar-refractivity contribution in [2.24, 2.45) is 0 Å². The SMILES string of the molecule is CC(=O)CC(CCOS(C)(=O)=O)Oc1ccc(C#N)cc1. The van der Waals surface area contributed by atoms with Crippen molar-refractivity contribution in [1.29, 1.82) is 5.26 Å². The molecule has 0 fully saturated rings. The summed E-state index contributed by atoms with van der Waals surface area (Å²) in [4.78, 5) is 11.2. The highest BCUT2D eigenvalue weighted by molar-refractivity contribution is 7.85. The van der Waals surface area contributed by atoms with Gasteiger partial charge in [0.2, 0.25) is 0 Å². The topological polar surface area (TPSA) is 93.5 Å². The van der Waals surface area contributed by atoms with Gasteiger partial charge in [0.25, 0.3) is 10.1 Å². The smallest absolute Gasteiger partial charge is 0.264 e. The van der Waals surface area contributed by atoms with Crippen LogP contribution < -0.4 is 4.74 Å². The summed E-state index contributed by atoms with van der Waals surface area (Å²) in [5, 5.41) is 8.71. The Labute approximate surface area is 124 Å². The predicted octanol–water partition coefficient (Wildman–Crippen LogP) is 1.65. The molecule has 114 valence electrons. The van der Waals surface area contributed by atoms with Crippen LogP contribution in [-0.2, 0) is 19.1 Å². The van der Waals surface area contributed by atoms with Crippen molar-refractivity contribution in [2.75, 3.05) is 12.9 Å². The van der Waals surface area contributed by atoms with E-state index in [9.17, 15) is 13.2 Å². The van der Waals surface area contributed by atoms with E-state index < -0.39 is 16.2 Å². The molecule has 0 saturated heterocycles. The van der Waals surface area contributed by atoms with Gasteiger partial charge in [-0.3, -0.25) is 8.98 Å². The van der Waals surface area contributed by atoms with Crippen LogP contribution in [0.25, 0.3) is 0 Å².